The molecule has 9 nitrogen and oxygen atoms in total. The molecular weight excluding hydrogens is 458 g/mol. The van der Waals surface area contributed by atoms with Crippen LogP contribution < -0.4 is 16.0 Å². The second-order valence-corrected chi connectivity index (χ2v) is 8.62. The second-order valence-electron chi connectivity index (χ2n) is 8.62. The molecule has 1 aromatic heterocycles. The lowest BCUT2D eigenvalue weighted by Gasteiger charge is -2.30. The molecule has 0 saturated carbocycles. The van der Waals surface area contributed by atoms with Crippen LogP contribution in [0, 0.1) is 0 Å². The van der Waals surface area contributed by atoms with Crippen molar-refractivity contribution in [1.82, 2.24) is 15.2 Å². The lowest BCUT2D eigenvalue weighted by Crippen LogP contribution is -2.42. The fourth-order valence-electron chi connectivity index (χ4n) is 4.21. The van der Waals surface area contributed by atoms with E-state index in [-0.39, 0.29) is 30.8 Å². The summed E-state index contributed by atoms with van der Waals surface area (Å²) >= 11 is 0. The van der Waals surface area contributed by atoms with Crippen molar-refractivity contribution in [3.8, 4) is 0 Å². The largest absolute Gasteiger partial charge is 0.481 e. The van der Waals surface area contributed by atoms with Gasteiger partial charge >= 0.3 is 5.97 Å². The highest BCUT2D eigenvalue weighted by Gasteiger charge is 2.34. The SMILES string of the molecule is CC(c1ccccc1)N1Cc2cc(C(=O)NCCNc3ccccn3)ccc2NC(CC(=O)O)C1=O. The summed E-state index contributed by atoms with van der Waals surface area (Å²) in [6.07, 6.45) is 1.35. The average Bonchev–Trinajstić information content (AvgIpc) is 3.02. The van der Waals surface area contributed by atoms with Crippen molar-refractivity contribution in [2.45, 2.75) is 32.0 Å². The third-order valence-electron chi connectivity index (χ3n) is 6.13. The molecule has 2 aromatic carbocycles. The van der Waals surface area contributed by atoms with Gasteiger partial charge in [0.25, 0.3) is 5.91 Å². The Morgan fingerprint density at radius 2 is 1.89 bits per heavy atom. The summed E-state index contributed by atoms with van der Waals surface area (Å²) in [6.45, 7) is 3.08. The fourth-order valence-corrected chi connectivity index (χ4v) is 4.21. The van der Waals surface area contributed by atoms with E-state index in [2.05, 4.69) is 20.9 Å². The Bertz CT molecular complexity index is 1220. The van der Waals surface area contributed by atoms with Crippen molar-refractivity contribution in [3.63, 3.8) is 0 Å². The summed E-state index contributed by atoms with van der Waals surface area (Å²) in [5.41, 5.74) is 2.80. The minimum atomic E-state index is -1.06. The van der Waals surface area contributed by atoms with Gasteiger partial charge in [-0.25, -0.2) is 4.98 Å². The fraction of sp³-hybridized carbons (Fsp3) is 0.259. The smallest absolute Gasteiger partial charge is 0.305 e. The zero-order valence-electron chi connectivity index (χ0n) is 20.0. The molecular formula is C27H29N5O4. The maximum Gasteiger partial charge on any atom is 0.305 e. The predicted molar refractivity (Wildman–Crippen MR) is 137 cm³/mol. The van der Waals surface area contributed by atoms with Crippen LogP contribution in [0.25, 0.3) is 0 Å². The summed E-state index contributed by atoms with van der Waals surface area (Å²) in [7, 11) is 0. The highest BCUT2D eigenvalue weighted by atomic mass is 16.4. The lowest BCUT2D eigenvalue weighted by molar-refractivity contribution is -0.142. The molecule has 1 aliphatic rings. The van der Waals surface area contributed by atoms with E-state index in [4.69, 9.17) is 0 Å². The molecule has 36 heavy (non-hydrogen) atoms. The third-order valence-corrected chi connectivity index (χ3v) is 6.13. The maximum atomic E-state index is 13.4. The van der Waals surface area contributed by atoms with Gasteiger partial charge in [0.05, 0.1) is 12.5 Å². The number of amides is 2. The number of carbonyl (C=O) groups is 3. The number of nitrogens with one attached hydrogen (secondary N) is 3. The number of carboxylic acids is 1. The summed E-state index contributed by atoms with van der Waals surface area (Å²) in [6, 6.07) is 19.1. The monoisotopic (exact) mass is 487 g/mol. The zero-order valence-corrected chi connectivity index (χ0v) is 20.0. The quantitative estimate of drug-likeness (QED) is 0.342. The van der Waals surface area contributed by atoms with Gasteiger partial charge in [0, 0.05) is 37.1 Å². The number of carboxylic acid groups (broad SMARTS) is 1. The van der Waals surface area contributed by atoms with E-state index in [1.54, 1.807) is 29.3 Å². The van der Waals surface area contributed by atoms with E-state index >= 15 is 0 Å². The zero-order chi connectivity index (χ0) is 25.5. The van der Waals surface area contributed by atoms with Gasteiger partial charge in [-0.05, 0) is 48.4 Å². The number of aromatic nitrogens is 1. The number of fused-ring (bicyclic) bond motifs is 1. The van der Waals surface area contributed by atoms with Gasteiger partial charge in [0.2, 0.25) is 5.91 Å². The Morgan fingerprint density at radius 1 is 1.11 bits per heavy atom. The number of nitrogens with zero attached hydrogens (tertiary/aromatic N) is 2. The van der Waals surface area contributed by atoms with Gasteiger partial charge in [-0.15, -0.1) is 0 Å². The van der Waals surface area contributed by atoms with Crippen molar-refractivity contribution in [2.24, 2.45) is 0 Å². The normalized spacial score (nSPS) is 15.8. The van der Waals surface area contributed by atoms with Gasteiger partial charge in [-0.2, -0.15) is 0 Å². The highest BCUT2D eigenvalue weighted by Crippen LogP contribution is 2.31. The Morgan fingerprint density at radius 3 is 2.61 bits per heavy atom. The van der Waals surface area contributed by atoms with Gasteiger partial charge in [0.15, 0.2) is 0 Å². The summed E-state index contributed by atoms with van der Waals surface area (Å²) < 4.78 is 0. The molecule has 0 fully saturated rings. The highest BCUT2D eigenvalue weighted by molar-refractivity contribution is 5.96. The molecule has 2 atom stereocenters. The Kier molecular flexibility index (Phi) is 7.79. The topological polar surface area (TPSA) is 124 Å². The summed E-state index contributed by atoms with van der Waals surface area (Å²) in [4.78, 5) is 43.5. The molecule has 9 heteroatoms. The van der Waals surface area contributed by atoms with Gasteiger partial charge in [-0.1, -0.05) is 36.4 Å². The molecule has 0 radical (unpaired) electrons. The van der Waals surface area contributed by atoms with E-state index in [0.717, 1.165) is 16.9 Å². The summed E-state index contributed by atoms with van der Waals surface area (Å²) in [5.74, 6) is -0.861. The number of carbonyl (C=O) groups excluding carboxylic acids is 2. The second kappa shape index (κ2) is 11.4. The molecule has 4 N–H and O–H groups in total. The van der Waals surface area contributed by atoms with Crippen LogP contribution >= 0.6 is 0 Å². The van der Waals surface area contributed by atoms with E-state index in [1.807, 2.05) is 55.5 Å². The first-order chi connectivity index (χ1) is 17.4. The average molecular weight is 488 g/mol. The van der Waals surface area contributed by atoms with Crippen LogP contribution in [0.5, 0.6) is 0 Å². The first-order valence-electron chi connectivity index (χ1n) is 11.8. The Balaban J connectivity index is 1.51. The number of aliphatic carboxylic acids is 1. The minimum absolute atomic E-state index is 0.235. The number of pyridine rings is 1. The lowest BCUT2D eigenvalue weighted by atomic mass is 10.0. The van der Waals surface area contributed by atoms with E-state index in [1.165, 1.54) is 0 Å². The standard InChI is InChI=1S/C27H29N5O4/c1-18(19-7-3-2-4-8-19)32-17-21-15-20(10-11-22(21)31-23(27(32)36)16-25(33)34)26(35)30-14-13-29-24-9-5-6-12-28-24/h2-12,15,18,23,31H,13-14,16-17H2,1H3,(H,28,29)(H,30,35)(H,33,34). The number of hydrogen-bond acceptors (Lipinski definition) is 6. The number of benzene rings is 2. The third kappa shape index (κ3) is 5.99. The van der Waals surface area contributed by atoms with Crippen LogP contribution in [0.3, 0.4) is 0 Å². The van der Waals surface area contributed by atoms with Crippen LogP contribution in [-0.2, 0) is 16.1 Å². The van der Waals surface area contributed by atoms with Crippen LogP contribution in [0.4, 0.5) is 11.5 Å². The molecule has 0 spiro atoms. The van der Waals surface area contributed by atoms with Crippen LogP contribution in [-0.4, -0.2) is 51.9 Å². The van der Waals surface area contributed by atoms with E-state index in [9.17, 15) is 19.5 Å². The van der Waals surface area contributed by atoms with Gasteiger partial charge in [-0.3, -0.25) is 14.4 Å². The number of rotatable bonds is 9. The van der Waals surface area contributed by atoms with Crippen molar-refractivity contribution in [2.75, 3.05) is 23.7 Å². The molecule has 3 aromatic rings. The molecule has 2 heterocycles. The maximum absolute atomic E-state index is 13.4. The minimum Gasteiger partial charge on any atom is -0.481 e. The molecule has 0 aliphatic carbocycles. The predicted octanol–water partition coefficient (Wildman–Crippen LogP) is 3.28. The molecule has 1 aliphatic heterocycles. The number of anilines is 2. The molecule has 2 unspecified atom stereocenters. The first-order valence-corrected chi connectivity index (χ1v) is 11.8. The van der Waals surface area contributed by atoms with Crippen LogP contribution in [0.15, 0.2) is 72.9 Å². The van der Waals surface area contributed by atoms with Gasteiger partial charge in [0.1, 0.15) is 11.9 Å². The first kappa shape index (κ1) is 24.7. The van der Waals surface area contributed by atoms with E-state index < -0.39 is 12.0 Å². The molecule has 0 bridgehead atoms. The molecule has 4 rings (SSSR count). The van der Waals surface area contributed by atoms with Crippen LogP contribution in [0.1, 0.15) is 40.9 Å². The summed E-state index contributed by atoms with van der Waals surface area (Å²) in [5, 5.41) is 18.5. The van der Waals surface area contributed by atoms with Crippen LogP contribution in [0.2, 0.25) is 0 Å². The van der Waals surface area contributed by atoms with E-state index in [0.29, 0.717) is 24.3 Å². The Labute approximate surface area is 209 Å². The van der Waals surface area contributed by atoms with Crippen molar-refractivity contribution in [3.05, 3.63) is 89.6 Å². The molecule has 2 amide bonds. The number of hydrogen-bond donors (Lipinski definition) is 4. The van der Waals surface area contributed by atoms with Crippen molar-refractivity contribution in [1.29, 1.82) is 0 Å². The molecule has 0 saturated heterocycles. The molecule has 186 valence electrons. The Hall–Kier alpha value is -4.40. The van der Waals surface area contributed by atoms with Crippen molar-refractivity contribution < 1.29 is 19.5 Å². The van der Waals surface area contributed by atoms with Crippen molar-refractivity contribution >= 4 is 29.3 Å². The van der Waals surface area contributed by atoms with Gasteiger partial charge < -0.3 is 26.0 Å².